The minimum absolute atomic E-state index is 0. The minimum atomic E-state index is -0.744. The number of morpholine rings is 1. The van der Waals surface area contributed by atoms with Gasteiger partial charge in [0.2, 0.25) is 0 Å². The fourth-order valence-electron chi connectivity index (χ4n) is 3.40. The van der Waals surface area contributed by atoms with Crippen molar-refractivity contribution in [2.45, 2.75) is 6.42 Å². The van der Waals surface area contributed by atoms with E-state index in [1.54, 1.807) is 24.3 Å². The van der Waals surface area contributed by atoms with Crippen LogP contribution < -0.4 is 4.90 Å². The zero-order chi connectivity index (χ0) is 21.1. The van der Waals surface area contributed by atoms with E-state index < -0.39 is 11.6 Å². The van der Waals surface area contributed by atoms with Crippen molar-refractivity contribution < 1.29 is 18.3 Å². The largest absolute Gasteiger partial charge is 0.379 e. The van der Waals surface area contributed by atoms with Crippen LogP contribution in [0, 0.1) is 11.6 Å². The summed E-state index contributed by atoms with van der Waals surface area (Å²) in [6.07, 6.45) is 0.697. The minimum Gasteiger partial charge on any atom is -0.379 e. The first-order chi connectivity index (χ1) is 14.5. The molecular formula is C21H21Cl2F2N3O2S. The smallest absolute Gasteiger partial charge is 0.261 e. The van der Waals surface area contributed by atoms with Crippen LogP contribution in [0.2, 0.25) is 5.02 Å². The molecule has 0 unspecified atom stereocenters. The molecule has 2 heterocycles. The Morgan fingerprint density at radius 1 is 1.23 bits per heavy atom. The molecule has 1 aliphatic heterocycles. The van der Waals surface area contributed by atoms with Crippen LogP contribution in [0.15, 0.2) is 36.4 Å². The Hall–Kier alpha value is -1.84. The Kier molecular flexibility index (Phi) is 8.18. The number of nitrogens with zero attached hydrogens (tertiary/aromatic N) is 3. The molecule has 31 heavy (non-hydrogen) atoms. The average molecular weight is 488 g/mol. The Morgan fingerprint density at radius 3 is 2.71 bits per heavy atom. The number of hydrogen-bond donors (Lipinski definition) is 0. The van der Waals surface area contributed by atoms with Crippen LogP contribution >= 0.6 is 35.3 Å². The van der Waals surface area contributed by atoms with Crippen LogP contribution in [0.1, 0.15) is 16.8 Å². The summed E-state index contributed by atoms with van der Waals surface area (Å²) < 4.78 is 33.5. The lowest BCUT2D eigenvalue weighted by Crippen LogP contribution is -2.39. The van der Waals surface area contributed by atoms with Crippen molar-refractivity contribution in [2.24, 2.45) is 0 Å². The van der Waals surface area contributed by atoms with Gasteiger partial charge in [-0.1, -0.05) is 35.1 Å². The number of hydrogen-bond acceptors (Lipinski definition) is 5. The topological polar surface area (TPSA) is 45.7 Å². The van der Waals surface area contributed by atoms with Crippen LogP contribution in [0.4, 0.5) is 13.9 Å². The summed E-state index contributed by atoms with van der Waals surface area (Å²) in [5.74, 6) is -1.74. The van der Waals surface area contributed by atoms with Crippen LogP contribution in [0.25, 0.3) is 10.2 Å². The first-order valence-electron chi connectivity index (χ1n) is 9.65. The molecule has 0 atom stereocenters. The number of ether oxygens (including phenoxy) is 1. The number of benzene rings is 2. The summed E-state index contributed by atoms with van der Waals surface area (Å²) in [4.78, 5) is 21.4. The summed E-state index contributed by atoms with van der Waals surface area (Å²) in [5.41, 5.74) is 0.401. The molecule has 1 fully saturated rings. The summed E-state index contributed by atoms with van der Waals surface area (Å²) in [5, 5.41) is 0.653. The molecule has 0 spiro atoms. The van der Waals surface area contributed by atoms with E-state index in [1.165, 1.54) is 11.0 Å². The van der Waals surface area contributed by atoms with E-state index in [4.69, 9.17) is 16.3 Å². The standard InChI is InChI=1S/C21H20ClF2N3O2S.ClH/c22-16-5-2-1-4-15(16)20(28)27(7-3-6-26-8-10-29-11-9-26)21-25-19-17(24)12-14(23)13-18(19)30-21;/h1-2,4-5,12-13H,3,6-11H2;1H. The van der Waals surface area contributed by atoms with E-state index in [9.17, 15) is 13.6 Å². The fourth-order valence-corrected chi connectivity index (χ4v) is 4.65. The summed E-state index contributed by atoms with van der Waals surface area (Å²) in [6, 6.07) is 8.80. The highest BCUT2D eigenvalue weighted by molar-refractivity contribution is 7.22. The SMILES string of the molecule is Cl.O=C(c1ccccc1Cl)N(CCCN1CCOCC1)c1nc2c(F)cc(F)cc2s1. The monoisotopic (exact) mass is 487 g/mol. The normalized spacial score (nSPS) is 14.4. The van der Waals surface area contributed by atoms with Gasteiger partial charge in [0.15, 0.2) is 10.9 Å². The molecule has 0 bridgehead atoms. The third-order valence-corrected chi connectivity index (χ3v) is 6.30. The highest BCUT2D eigenvalue weighted by Crippen LogP contribution is 2.32. The van der Waals surface area contributed by atoms with Gasteiger partial charge in [0.05, 0.1) is 28.5 Å². The fraction of sp³-hybridized carbons (Fsp3) is 0.333. The maximum Gasteiger partial charge on any atom is 0.261 e. The van der Waals surface area contributed by atoms with E-state index in [-0.39, 0.29) is 23.8 Å². The second-order valence-electron chi connectivity index (χ2n) is 6.97. The van der Waals surface area contributed by atoms with E-state index in [0.29, 0.717) is 46.6 Å². The maximum atomic E-state index is 14.2. The molecule has 0 radical (unpaired) electrons. The van der Waals surface area contributed by atoms with Gasteiger partial charge in [-0.25, -0.2) is 13.8 Å². The predicted molar refractivity (Wildman–Crippen MR) is 122 cm³/mol. The molecule has 4 rings (SSSR count). The van der Waals surface area contributed by atoms with Gasteiger partial charge in [0, 0.05) is 32.2 Å². The number of carbonyl (C=O) groups is 1. The van der Waals surface area contributed by atoms with Gasteiger partial charge in [-0.2, -0.15) is 0 Å². The van der Waals surface area contributed by atoms with Crippen molar-refractivity contribution in [3.8, 4) is 0 Å². The number of halogens is 4. The van der Waals surface area contributed by atoms with E-state index >= 15 is 0 Å². The van der Waals surface area contributed by atoms with Gasteiger partial charge in [-0.15, -0.1) is 12.4 Å². The zero-order valence-electron chi connectivity index (χ0n) is 16.5. The quantitative estimate of drug-likeness (QED) is 0.489. The number of aromatic nitrogens is 1. The lowest BCUT2D eigenvalue weighted by atomic mass is 10.2. The lowest BCUT2D eigenvalue weighted by molar-refractivity contribution is 0.0376. The number of amides is 1. The van der Waals surface area contributed by atoms with E-state index in [0.717, 1.165) is 37.0 Å². The van der Waals surface area contributed by atoms with Crippen molar-refractivity contribution in [3.63, 3.8) is 0 Å². The van der Waals surface area contributed by atoms with Gasteiger partial charge in [0.1, 0.15) is 11.3 Å². The van der Waals surface area contributed by atoms with Crippen molar-refractivity contribution in [2.75, 3.05) is 44.3 Å². The van der Waals surface area contributed by atoms with Crippen LogP contribution in [0.3, 0.4) is 0 Å². The Labute approximate surface area is 194 Å². The average Bonchev–Trinajstić information content (AvgIpc) is 3.16. The molecule has 2 aromatic carbocycles. The maximum absolute atomic E-state index is 14.2. The Balaban J connectivity index is 0.00000272. The lowest BCUT2D eigenvalue weighted by Gasteiger charge is -2.27. The van der Waals surface area contributed by atoms with Gasteiger partial charge in [-0.3, -0.25) is 14.6 Å². The number of rotatable bonds is 6. The van der Waals surface area contributed by atoms with Crippen molar-refractivity contribution in [1.82, 2.24) is 9.88 Å². The summed E-state index contributed by atoms with van der Waals surface area (Å²) in [6.45, 7) is 4.28. The molecular weight excluding hydrogens is 467 g/mol. The molecule has 1 amide bonds. The first-order valence-corrected chi connectivity index (χ1v) is 10.8. The van der Waals surface area contributed by atoms with Crippen LogP contribution in [0.5, 0.6) is 0 Å². The van der Waals surface area contributed by atoms with Crippen molar-refractivity contribution in [1.29, 1.82) is 0 Å². The van der Waals surface area contributed by atoms with Gasteiger partial charge >= 0.3 is 0 Å². The molecule has 1 saturated heterocycles. The molecule has 1 aliphatic rings. The van der Waals surface area contributed by atoms with Gasteiger partial charge < -0.3 is 4.74 Å². The zero-order valence-corrected chi connectivity index (χ0v) is 18.9. The molecule has 166 valence electrons. The summed E-state index contributed by atoms with van der Waals surface area (Å²) in [7, 11) is 0. The molecule has 5 nitrogen and oxygen atoms in total. The molecule has 0 N–H and O–H groups in total. The highest BCUT2D eigenvalue weighted by Gasteiger charge is 2.24. The summed E-state index contributed by atoms with van der Waals surface area (Å²) >= 11 is 7.32. The van der Waals surface area contributed by atoms with Gasteiger partial charge in [-0.05, 0) is 24.6 Å². The number of carbonyl (C=O) groups excluding carboxylic acids is 1. The molecule has 1 aromatic heterocycles. The van der Waals surface area contributed by atoms with Crippen molar-refractivity contribution in [3.05, 3.63) is 58.6 Å². The third kappa shape index (κ3) is 5.51. The Morgan fingerprint density at radius 2 is 1.97 bits per heavy atom. The van der Waals surface area contributed by atoms with Crippen LogP contribution in [-0.2, 0) is 4.74 Å². The van der Waals surface area contributed by atoms with E-state index in [2.05, 4.69) is 9.88 Å². The molecule has 0 saturated carbocycles. The Bertz CT molecular complexity index is 1060. The third-order valence-electron chi connectivity index (χ3n) is 4.94. The number of thiazole rings is 1. The molecule has 3 aromatic rings. The number of anilines is 1. The predicted octanol–water partition coefficient (Wildman–Crippen LogP) is 5.02. The second-order valence-corrected chi connectivity index (χ2v) is 8.39. The highest BCUT2D eigenvalue weighted by atomic mass is 35.5. The van der Waals surface area contributed by atoms with Crippen LogP contribution in [-0.4, -0.2) is 55.2 Å². The number of fused-ring (bicyclic) bond motifs is 1. The van der Waals surface area contributed by atoms with E-state index in [1.807, 2.05) is 0 Å². The van der Waals surface area contributed by atoms with Crippen molar-refractivity contribution >= 4 is 56.6 Å². The first kappa shape index (κ1) is 23.8. The molecule has 10 heteroatoms. The van der Waals surface area contributed by atoms with Gasteiger partial charge in [0.25, 0.3) is 5.91 Å². The second kappa shape index (κ2) is 10.7. The molecule has 0 aliphatic carbocycles.